The Balaban J connectivity index is 2.14. The summed E-state index contributed by atoms with van der Waals surface area (Å²) < 4.78 is 10.1. The maximum absolute atomic E-state index is 11.0. The summed E-state index contributed by atoms with van der Waals surface area (Å²) in [7, 11) is 0. The van der Waals surface area contributed by atoms with E-state index in [-0.39, 0.29) is 18.6 Å². The van der Waals surface area contributed by atoms with E-state index in [0.29, 0.717) is 12.6 Å². The molecule has 2 unspecified atom stereocenters. The third kappa shape index (κ3) is 3.32. The van der Waals surface area contributed by atoms with Crippen molar-refractivity contribution >= 4 is 5.97 Å². The number of esters is 1. The van der Waals surface area contributed by atoms with Crippen LogP contribution in [-0.2, 0) is 14.3 Å². The highest BCUT2D eigenvalue weighted by molar-refractivity contribution is 5.71. The third-order valence-electron chi connectivity index (χ3n) is 2.19. The normalized spacial score (nSPS) is 27.5. The molecule has 0 saturated carbocycles. The van der Waals surface area contributed by atoms with E-state index in [4.69, 9.17) is 9.47 Å². The summed E-state index contributed by atoms with van der Waals surface area (Å²) in [5, 5.41) is 3.12. The van der Waals surface area contributed by atoms with E-state index < -0.39 is 0 Å². The Bertz CT molecular complexity index is 172. The summed E-state index contributed by atoms with van der Waals surface area (Å²) in [6.45, 7) is 5.32. The lowest BCUT2D eigenvalue weighted by molar-refractivity contribution is -0.142. The SMILES string of the molecule is CCOC(=O)CNC1CCOC1C. The van der Waals surface area contributed by atoms with Crippen molar-refractivity contribution < 1.29 is 14.3 Å². The van der Waals surface area contributed by atoms with E-state index in [1.807, 2.05) is 6.92 Å². The molecule has 0 radical (unpaired) electrons. The Hall–Kier alpha value is -0.610. The molecule has 1 fully saturated rings. The largest absolute Gasteiger partial charge is 0.465 e. The topological polar surface area (TPSA) is 47.6 Å². The molecule has 1 rings (SSSR count). The van der Waals surface area contributed by atoms with Gasteiger partial charge in [-0.1, -0.05) is 0 Å². The zero-order chi connectivity index (χ0) is 9.68. The van der Waals surface area contributed by atoms with Gasteiger partial charge in [0.1, 0.15) is 0 Å². The number of carbonyl (C=O) groups is 1. The Kier molecular flexibility index (Phi) is 4.18. The Morgan fingerprint density at radius 3 is 3.00 bits per heavy atom. The van der Waals surface area contributed by atoms with Crippen LogP contribution in [-0.4, -0.2) is 37.9 Å². The van der Waals surface area contributed by atoms with Crippen molar-refractivity contribution in [1.82, 2.24) is 5.32 Å². The van der Waals surface area contributed by atoms with Crippen LogP contribution in [0.15, 0.2) is 0 Å². The Morgan fingerprint density at radius 2 is 2.46 bits per heavy atom. The minimum Gasteiger partial charge on any atom is -0.465 e. The highest BCUT2D eigenvalue weighted by Gasteiger charge is 2.24. The smallest absolute Gasteiger partial charge is 0.319 e. The molecular weight excluding hydrogens is 170 g/mol. The van der Waals surface area contributed by atoms with Crippen molar-refractivity contribution in [2.45, 2.75) is 32.4 Å². The maximum atomic E-state index is 11.0. The fourth-order valence-electron chi connectivity index (χ4n) is 1.43. The van der Waals surface area contributed by atoms with E-state index in [2.05, 4.69) is 5.32 Å². The fourth-order valence-corrected chi connectivity index (χ4v) is 1.43. The van der Waals surface area contributed by atoms with Crippen LogP contribution >= 0.6 is 0 Å². The average Bonchev–Trinajstić information content (AvgIpc) is 2.48. The quantitative estimate of drug-likeness (QED) is 0.644. The fraction of sp³-hybridized carbons (Fsp3) is 0.889. The molecule has 0 aromatic heterocycles. The van der Waals surface area contributed by atoms with E-state index >= 15 is 0 Å². The van der Waals surface area contributed by atoms with Crippen LogP contribution in [0.3, 0.4) is 0 Å². The molecule has 0 spiro atoms. The molecule has 1 aliphatic heterocycles. The summed E-state index contributed by atoms with van der Waals surface area (Å²) in [6.07, 6.45) is 1.18. The number of hydrogen-bond acceptors (Lipinski definition) is 4. The van der Waals surface area contributed by atoms with Gasteiger partial charge in [0.05, 0.1) is 19.3 Å². The second-order valence-electron chi connectivity index (χ2n) is 3.16. The molecule has 0 amide bonds. The Morgan fingerprint density at radius 1 is 1.69 bits per heavy atom. The first-order chi connectivity index (χ1) is 6.24. The lowest BCUT2D eigenvalue weighted by atomic mass is 10.1. The number of hydrogen-bond donors (Lipinski definition) is 1. The van der Waals surface area contributed by atoms with Crippen molar-refractivity contribution in [2.24, 2.45) is 0 Å². The highest BCUT2D eigenvalue weighted by Crippen LogP contribution is 2.11. The summed E-state index contributed by atoms with van der Waals surface area (Å²) in [5.74, 6) is -0.193. The van der Waals surface area contributed by atoms with Gasteiger partial charge in [-0.25, -0.2) is 0 Å². The van der Waals surface area contributed by atoms with Crippen LogP contribution in [0.1, 0.15) is 20.3 Å². The summed E-state index contributed by atoms with van der Waals surface area (Å²) in [4.78, 5) is 11.0. The van der Waals surface area contributed by atoms with E-state index in [0.717, 1.165) is 13.0 Å². The first-order valence-corrected chi connectivity index (χ1v) is 4.74. The van der Waals surface area contributed by atoms with Crippen LogP contribution < -0.4 is 5.32 Å². The van der Waals surface area contributed by atoms with E-state index in [1.165, 1.54) is 0 Å². The van der Waals surface area contributed by atoms with Gasteiger partial charge in [0.15, 0.2) is 0 Å². The minimum absolute atomic E-state index is 0.193. The van der Waals surface area contributed by atoms with Gasteiger partial charge in [0.2, 0.25) is 0 Å². The molecule has 1 aliphatic rings. The lowest BCUT2D eigenvalue weighted by Gasteiger charge is -2.14. The molecule has 4 nitrogen and oxygen atoms in total. The number of ether oxygens (including phenoxy) is 2. The van der Waals surface area contributed by atoms with E-state index in [1.54, 1.807) is 6.92 Å². The van der Waals surface area contributed by atoms with E-state index in [9.17, 15) is 4.79 Å². The predicted molar refractivity (Wildman–Crippen MR) is 48.5 cm³/mol. The molecule has 0 aromatic rings. The average molecular weight is 187 g/mol. The van der Waals surface area contributed by atoms with Crippen molar-refractivity contribution in [3.05, 3.63) is 0 Å². The molecule has 0 bridgehead atoms. The Labute approximate surface area is 78.6 Å². The molecule has 13 heavy (non-hydrogen) atoms. The molecule has 0 aliphatic carbocycles. The predicted octanol–water partition coefficient (Wildman–Crippen LogP) is 0.317. The van der Waals surface area contributed by atoms with Gasteiger partial charge in [-0.3, -0.25) is 4.79 Å². The molecule has 0 aromatic carbocycles. The van der Waals surface area contributed by atoms with Crippen molar-refractivity contribution in [2.75, 3.05) is 19.8 Å². The summed E-state index contributed by atoms with van der Waals surface area (Å²) >= 11 is 0. The number of rotatable bonds is 4. The van der Waals surface area contributed by atoms with Gasteiger partial charge in [-0.2, -0.15) is 0 Å². The number of carbonyl (C=O) groups excluding carboxylic acids is 1. The summed E-state index contributed by atoms with van der Waals surface area (Å²) in [5.41, 5.74) is 0. The maximum Gasteiger partial charge on any atom is 0.319 e. The van der Waals surface area contributed by atoms with Gasteiger partial charge in [0, 0.05) is 12.6 Å². The molecule has 1 N–H and O–H groups in total. The van der Waals surface area contributed by atoms with Crippen molar-refractivity contribution in [3.8, 4) is 0 Å². The number of nitrogens with one attached hydrogen (secondary N) is 1. The highest BCUT2D eigenvalue weighted by atomic mass is 16.5. The third-order valence-corrected chi connectivity index (χ3v) is 2.19. The van der Waals surface area contributed by atoms with Gasteiger partial charge in [-0.05, 0) is 20.3 Å². The second kappa shape index (κ2) is 5.19. The molecule has 1 saturated heterocycles. The first-order valence-electron chi connectivity index (χ1n) is 4.74. The zero-order valence-electron chi connectivity index (χ0n) is 8.21. The molecule has 2 atom stereocenters. The van der Waals surface area contributed by atoms with Crippen LogP contribution in [0.5, 0.6) is 0 Å². The van der Waals surface area contributed by atoms with Crippen LogP contribution in [0.2, 0.25) is 0 Å². The second-order valence-corrected chi connectivity index (χ2v) is 3.16. The summed E-state index contributed by atoms with van der Waals surface area (Å²) in [6, 6.07) is 0.296. The van der Waals surface area contributed by atoms with Gasteiger partial charge >= 0.3 is 5.97 Å². The first kappa shape index (κ1) is 10.5. The monoisotopic (exact) mass is 187 g/mol. The molecule has 1 heterocycles. The standard InChI is InChI=1S/C9H17NO3/c1-3-12-9(11)6-10-8-4-5-13-7(8)2/h7-8,10H,3-6H2,1-2H3. The van der Waals surface area contributed by atoms with Crippen molar-refractivity contribution in [1.29, 1.82) is 0 Å². The van der Waals surface area contributed by atoms with Crippen LogP contribution in [0.25, 0.3) is 0 Å². The lowest BCUT2D eigenvalue weighted by Crippen LogP contribution is -2.38. The van der Waals surface area contributed by atoms with Crippen molar-refractivity contribution in [3.63, 3.8) is 0 Å². The molecular formula is C9H17NO3. The van der Waals surface area contributed by atoms with Gasteiger partial charge in [0.25, 0.3) is 0 Å². The molecule has 76 valence electrons. The zero-order valence-corrected chi connectivity index (χ0v) is 8.21. The minimum atomic E-state index is -0.193. The molecule has 4 heteroatoms. The van der Waals surface area contributed by atoms with Gasteiger partial charge < -0.3 is 14.8 Å². The van der Waals surface area contributed by atoms with Crippen LogP contribution in [0.4, 0.5) is 0 Å². The van der Waals surface area contributed by atoms with Gasteiger partial charge in [-0.15, -0.1) is 0 Å². The van der Waals surface area contributed by atoms with Crippen LogP contribution in [0, 0.1) is 0 Å².